The molecule has 1 aliphatic rings. The molecule has 1 N–H and O–H groups in total. The predicted molar refractivity (Wildman–Crippen MR) is 77.9 cm³/mol. The summed E-state index contributed by atoms with van der Waals surface area (Å²) < 4.78 is 0.947. The van der Waals surface area contributed by atoms with Gasteiger partial charge in [0.25, 0.3) is 0 Å². The zero-order valence-corrected chi connectivity index (χ0v) is 12.6. The molecule has 2 nitrogen and oxygen atoms in total. The first-order valence-electron chi connectivity index (χ1n) is 6.02. The Morgan fingerprint density at radius 2 is 2.24 bits per heavy atom. The minimum absolute atomic E-state index is 0.547. The van der Waals surface area contributed by atoms with E-state index in [1.165, 1.54) is 13.0 Å². The van der Waals surface area contributed by atoms with Gasteiger partial charge >= 0.3 is 0 Å². The van der Waals surface area contributed by atoms with Crippen LogP contribution in [0.1, 0.15) is 20.3 Å². The van der Waals surface area contributed by atoms with Crippen LogP contribution in [0.5, 0.6) is 0 Å². The molecule has 0 radical (unpaired) electrons. The largest absolute Gasteiger partial charge is 0.381 e. The molecule has 1 aliphatic heterocycles. The highest BCUT2D eigenvalue weighted by molar-refractivity contribution is 9.10. The molecule has 1 heterocycles. The molecule has 0 amide bonds. The lowest BCUT2D eigenvalue weighted by molar-refractivity contribution is 0.274. The van der Waals surface area contributed by atoms with Crippen LogP contribution in [0.3, 0.4) is 0 Å². The Bertz CT molecular complexity index is 395. The van der Waals surface area contributed by atoms with Crippen molar-refractivity contribution < 1.29 is 0 Å². The number of halogens is 2. The molecule has 1 fully saturated rings. The Balaban J connectivity index is 1.96. The van der Waals surface area contributed by atoms with Crippen LogP contribution in [0.15, 0.2) is 22.7 Å². The zero-order chi connectivity index (χ0) is 12.4. The number of benzene rings is 1. The molecule has 0 aromatic heterocycles. The normalized spacial score (nSPS) is 21.1. The summed E-state index contributed by atoms with van der Waals surface area (Å²) in [7, 11) is 0. The third-order valence-electron chi connectivity index (χ3n) is 3.24. The molecule has 1 saturated heterocycles. The van der Waals surface area contributed by atoms with Crippen LogP contribution in [0.2, 0.25) is 5.02 Å². The average Bonchev–Trinajstić information content (AvgIpc) is 2.72. The van der Waals surface area contributed by atoms with E-state index in [2.05, 4.69) is 40.0 Å². The average molecular weight is 318 g/mol. The van der Waals surface area contributed by atoms with Crippen LogP contribution >= 0.6 is 27.5 Å². The number of anilines is 1. The number of rotatable bonds is 3. The van der Waals surface area contributed by atoms with Crippen LogP contribution < -0.4 is 5.32 Å². The monoisotopic (exact) mass is 316 g/mol. The molecule has 94 valence electrons. The van der Waals surface area contributed by atoms with Gasteiger partial charge in [0.1, 0.15) is 0 Å². The first-order chi connectivity index (χ1) is 8.06. The minimum atomic E-state index is 0.547. The van der Waals surface area contributed by atoms with Crippen LogP contribution in [0.4, 0.5) is 5.69 Å². The summed E-state index contributed by atoms with van der Waals surface area (Å²) in [6.45, 7) is 6.81. The van der Waals surface area contributed by atoms with Gasteiger partial charge < -0.3 is 5.32 Å². The van der Waals surface area contributed by atoms with Gasteiger partial charge in [-0.25, -0.2) is 0 Å². The Morgan fingerprint density at radius 3 is 2.82 bits per heavy atom. The van der Waals surface area contributed by atoms with Crippen molar-refractivity contribution in [3.63, 3.8) is 0 Å². The van der Waals surface area contributed by atoms with E-state index in [1.807, 2.05) is 18.2 Å². The third kappa shape index (κ3) is 3.36. The minimum Gasteiger partial charge on any atom is -0.381 e. The summed E-state index contributed by atoms with van der Waals surface area (Å²) in [6, 6.07) is 7.18. The second-order valence-electron chi connectivity index (χ2n) is 4.85. The van der Waals surface area contributed by atoms with E-state index >= 15 is 0 Å². The summed E-state index contributed by atoms with van der Waals surface area (Å²) in [5.74, 6) is 0. The van der Waals surface area contributed by atoms with Gasteiger partial charge in [-0.05, 0) is 54.4 Å². The highest BCUT2D eigenvalue weighted by Crippen LogP contribution is 2.26. The topological polar surface area (TPSA) is 15.3 Å². The van der Waals surface area contributed by atoms with E-state index < -0.39 is 0 Å². The molecule has 0 saturated carbocycles. The maximum atomic E-state index is 5.98. The molecule has 1 unspecified atom stereocenters. The SMILES string of the molecule is CC(C)N1CCC(Nc2ccc(Cl)c(Br)c2)C1. The molecule has 0 aliphatic carbocycles. The van der Waals surface area contributed by atoms with Gasteiger partial charge in [0.05, 0.1) is 5.02 Å². The molecule has 0 spiro atoms. The fourth-order valence-corrected chi connectivity index (χ4v) is 2.69. The number of hydrogen-bond donors (Lipinski definition) is 1. The standard InChI is InChI=1S/C13H18BrClN2/c1-9(2)17-6-5-11(8-17)16-10-3-4-13(15)12(14)7-10/h3-4,7,9,11,16H,5-6,8H2,1-2H3. The van der Waals surface area contributed by atoms with Crippen molar-refractivity contribution in [2.24, 2.45) is 0 Å². The second kappa shape index (κ2) is 5.59. The number of hydrogen-bond acceptors (Lipinski definition) is 2. The molecular formula is C13H18BrClN2. The summed E-state index contributed by atoms with van der Waals surface area (Å²) in [4.78, 5) is 2.50. The first kappa shape index (κ1) is 13.2. The Morgan fingerprint density at radius 1 is 1.47 bits per heavy atom. The maximum absolute atomic E-state index is 5.98. The highest BCUT2D eigenvalue weighted by Gasteiger charge is 2.23. The molecule has 2 rings (SSSR count). The fourth-order valence-electron chi connectivity index (χ4n) is 2.20. The van der Waals surface area contributed by atoms with Crippen molar-refractivity contribution >= 4 is 33.2 Å². The van der Waals surface area contributed by atoms with Gasteiger partial charge in [0.15, 0.2) is 0 Å². The summed E-state index contributed by atoms with van der Waals surface area (Å²) in [5, 5.41) is 4.32. The lowest BCUT2D eigenvalue weighted by Gasteiger charge is -2.21. The lowest BCUT2D eigenvalue weighted by Crippen LogP contribution is -2.31. The van der Waals surface area contributed by atoms with E-state index in [0.29, 0.717) is 12.1 Å². The number of likely N-dealkylation sites (tertiary alicyclic amines) is 1. The van der Waals surface area contributed by atoms with Gasteiger partial charge in [-0.15, -0.1) is 0 Å². The second-order valence-corrected chi connectivity index (χ2v) is 6.11. The molecular weight excluding hydrogens is 300 g/mol. The Labute approximate surface area is 116 Å². The molecule has 1 aromatic carbocycles. The number of nitrogens with one attached hydrogen (secondary N) is 1. The van der Waals surface area contributed by atoms with E-state index in [-0.39, 0.29) is 0 Å². The summed E-state index contributed by atoms with van der Waals surface area (Å²) >= 11 is 9.43. The van der Waals surface area contributed by atoms with Gasteiger partial charge in [-0.3, -0.25) is 4.90 Å². The van der Waals surface area contributed by atoms with Gasteiger partial charge in [-0.1, -0.05) is 11.6 Å². The fraction of sp³-hybridized carbons (Fsp3) is 0.538. The van der Waals surface area contributed by atoms with E-state index in [0.717, 1.165) is 21.7 Å². The summed E-state index contributed by atoms with van der Waals surface area (Å²) in [5.41, 5.74) is 1.14. The predicted octanol–water partition coefficient (Wildman–Crippen LogP) is 4.00. The van der Waals surface area contributed by atoms with Crippen molar-refractivity contribution in [1.29, 1.82) is 0 Å². The van der Waals surface area contributed by atoms with E-state index in [9.17, 15) is 0 Å². The highest BCUT2D eigenvalue weighted by atomic mass is 79.9. The van der Waals surface area contributed by atoms with E-state index in [1.54, 1.807) is 0 Å². The molecule has 4 heteroatoms. The van der Waals surface area contributed by atoms with Gasteiger partial charge in [0, 0.05) is 35.3 Å². The van der Waals surface area contributed by atoms with Crippen LogP contribution in [-0.4, -0.2) is 30.1 Å². The van der Waals surface area contributed by atoms with Crippen molar-refractivity contribution in [3.05, 3.63) is 27.7 Å². The van der Waals surface area contributed by atoms with Gasteiger partial charge in [0.2, 0.25) is 0 Å². The molecule has 1 aromatic rings. The van der Waals surface area contributed by atoms with Crippen LogP contribution in [0.25, 0.3) is 0 Å². The van der Waals surface area contributed by atoms with E-state index in [4.69, 9.17) is 11.6 Å². The Hall–Kier alpha value is -0.250. The Kier molecular flexibility index (Phi) is 4.34. The quantitative estimate of drug-likeness (QED) is 0.906. The number of nitrogens with zero attached hydrogens (tertiary/aromatic N) is 1. The van der Waals surface area contributed by atoms with Crippen molar-refractivity contribution in [3.8, 4) is 0 Å². The zero-order valence-electron chi connectivity index (χ0n) is 10.2. The molecule has 0 bridgehead atoms. The molecule has 17 heavy (non-hydrogen) atoms. The van der Waals surface area contributed by atoms with Gasteiger partial charge in [-0.2, -0.15) is 0 Å². The molecule has 1 atom stereocenters. The maximum Gasteiger partial charge on any atom is 0.0549 e. The third-order valence-corrected chi connectivity index (χ3v) is 4.45. The lowest BCUT2D eigenvalue weighted by atomic mass is 10.2. The first-order valence-corrected chi connectivity index (χ1v) is 7.19. The van der Waals surface area contributed by atoms with Crippen molar-refractivity contribution in [2.45, 2.75) is 32.4 Å². The van der Waals surface area contributed by atoms with Crippen LogP contribution in [-0.2, 0) is 0 Å². The van der Waals surface area contributed by atoms with Crippen molar-refractivity contribution in [1.82, 2.24) is 4.90 Å². The van der Waals surface area contributed by atoms with Crippen LogP contribution in [0, 0.1) is 0 Å². The smallest absolute Gasteiger partial charge is 0.0549 e. The summed E-state index contributed by atoms with van der Waals surface area (Å²) in [6.07, 6.45) is 1.21. The van der Waals surface area contributed by atoms with Crippen molar-refractivity contribution in [2.75, 3.05) is 18.4 Å².